The lowest BCUT2D eigenvalue weighted by Gasteiger charge is -2.37. The van der Waals surface area contributed by atoms with Crippen molar-refractivity contribution >= 4 is 40.2 Å². The second-order valence-corrected chi connectivity index (χ2v) is 10.9. The number of amides is 3. The number of rotatable bonds is 6. The van der Waals surface area contributed by atoms with Crippen molar-refractivity contribution in [1.82, 2.24) is 24.8 Å². The number of nitrogens with one attached hydrogen (secondary N) is 3. The lowest BCUT2D eigenvalue weighted by atomic mass is 10.1. The Bertz CT molecular complexity index is 1540. The number of aromatic nitrogens is 3. The fraction of sp³-hybridized carbons (Fsp3) is 0.355. The van der Waals surface area contributed by atoms with Crippen molar-refractivity contribution in [3.8, 4) is 11.4 Å². The number of benzene rings is 2. The molecule has 0 bridgehead atoms. The van der Waals surface area contributed by atoms with Gasteiger partial charge in [0.05, 0.1) is 18.7 Å². The molecule has 0 spiro atoms. The fourth-order valence-corrected chi connectivity index (χ4v) is 5.38. The topological polar surface area (TPSA) is 119 Å². The van der Waals surface area contributed by atoms with E-state index in [-0.39, 0.29) is 11.9 Å². The van der Waals surface area contributed by atoms with Gasteiger partial charge < -0.3 is 30.2 Å². The highest BCUT2D eigenvalue weighted by Gasteiger charge is 2.23. The Hall–Kier alpha value is -4.48. The largest absolute Gasteiger partial charge is 0.378 e. The van der Waals surface area contributed by atoms with E-state index in [1.807, 2.05) is 41.4 Å². The first-order valence-corrected chi connectivity index (χ1v) is 14.4. The summed E-state index contributed by atoms with van der Waals surface area (Å²) in [6.45, 7) is 10.5. The van der Waals surface area contributed by atoms with Crippen LogP contribution in [0, 0.1) is 0 Å². The van der Waals surface area contributed by atoms with Crippen LogP contribution >= 0.6 is 0 Å². The minimum Gasteiger partial charge on any atom is -0.378 e. The standard InChI is InChI=1S/C31H36N8O3/c1-21(2)37-13-15-39(16-14-37)30(40)23-5-9-25(10-6-23)34-31(41)33-24-7-3-22(4-8-24)28-35-26-11-12-32-27(26)29(36-28)38-17-19-42-20-18-38/h3-12,21,32H,13-20H2,1-2H3,(H2,33,34,41). The number of anilines is 3. The van der Waals surface area contributed by atoms with Gasteiger partial charge in [0.1, 0.15) is 5.52 Å². The zero-order valence-electron chi connectivity index (χ0n) is 24.0. The zero-order chi connectivity index (χ0) is 29.1. The highest BCUT2D eigenvalue weighted by atomic mass is 16.5. The molecule has 2 aromatic heterocycles. The lowest BCUT2D eigenvalue weighted by Crippen LogP contribution is -2.50. The van der Waals surface area contributed by atoms with E-state index in [0.717, 1.165) is 61.7 Å². The summed E-state index contributed by atoms with van der Waals surface area (Å²) in [7, 11) is 0. The summed E-state index contributed by atoms with van der Waals surface area (Å²) in [6.07, 6.45) is 1.87. The number of ether oxygens (including phenoxy) is 1. The lowest BCUT2D eigenvalue weighted by molar-refractivity contribution is 0.0595. The molecule has 218 valence electrons. The van der Waals surface area contributed by atoms with Crippen LogP contribution in [0.15, 0.2) is 60.8 Å². The van der Waals surface area contributed by atoms with Gasteiger partial charge in [0.25, 0.3) is 5.91 Å². The first kappa shape index (κ1) is 27.7. The highest BCUT2D eigenvalue weighted by Crippen LogP contribution is 2.28. The van der Waals surface area contributed by atoms with Crippen molar-refractivity contribution < 1.29 is 14.3 Å². The van der Waals surface area contributed by atoms with E-state index in [1.54, 1.807) is 24.3 Å². The molecule has 2 saturated heterocycles. The Morgan fingerprint density at radius 2 is 1.48 bits per heavy atom. The second kappa shape index (κ2) is 12.2. The molecule has 3 amide bonds. The SMILES string of the molecule is CC(C)N1CCN(C(=O)c2ccc(NC(=O)Nc3ccc(-c4nc(N5CCOCC5)c5[nH]ccc5n4)cc3)cc2)CC1. The molecule has 2 fully saturated rings. The number of H-pyrrole nitrogens is 1. The van der Waals surface area contributed by atoms with Gasteiger partial charge in [-0.05, 0) is 68.4 Å². The predicted octanol–water partition coefficient (Wildman–Crippen LogP) is 4.27. The first-order chi connectivity index (χ1) is 20.4. The van der Waals surface area contributed by atoms with Gasteiger partial charge in [-0.2, -0.15) is 0 Å². The molecule has 2 aliphatic heterocycles. The van der Waals surface area contributed by atoms with Crippen LogP contribution in [0.25, 0.3) is 22.4 Å². The van der Waals surface area contributed by atoms with Crippen molar-refractivity contribution in [2.75, 3.05) is 68.0 Å². The summed E-state index contributed by atoms with van der Waals surface area (Å²) in [4.78, 5) is 45.0. The number of fused-ring (bicyclic) bond motifs is 1. The molecule has 11 nitrogen and oxygen atoms in total. The van der Waals surface area contributed by atoms with Crippen LogP contribution in [0.4, 0.5) is 22.0 Å². The van der Waals surface area contributed by atoms with E-state index >= 15 is 0 Å². The van der Waals surface area contributed by atoms with Gasteiger partial charge in [0, 0.05) is 74.0 Å². The van der Waals surface area contributed by atoms with Crippen molar-refractivity contribution in [2.24, 2.45) is 0 Å². The third kappa shape index (κ3) is 6.07. The Balaban J connectivity index is 1.06. The molecule has 0 radical (unpaired) electrons. The maximum atomic E-state index is 12.9. The summed E-state index contributed by atoms with van der Waals surface area (Å²) in [5, 5.41) is 5.70. The normalized spacial score (nSPS) is 16.2. The number of urea groups is 1. The van der Waals surface area contributed by atoms with Crippen molar-refractivity contribution in [1.29, 1.82) is 0 Å². The average molecular weight is 569 g/mol. The monoisotopic (exact) mass is 568 g/mol. The zero-order valence-corrected chi connectivity index (χ0v) is 24.0. The summed E-state index contributed by atoms with van der Waals surface area (Å²) < 4.78 is 5.51. The molecule has 0 aliphatic carbocycles. The molecule has 0 atom stereocenters. The van der Waals surface area contributed by atoms with Crippen LogP contribution < -0.4 is 15.5 Å². The fourth-order valence-electron chi connectivity index (χ4n) is 5.38. The van der Waals surface area contributed by atoms with E-state index in [2.05, 4.69) is 39.3 Å². The molecule has 11 heteroatoms. The number of morpholine rings is 1. The van der Waals surface area contributed by atoms with Crippen LogP contribution in [0.5, 0.6) is 0 Å². The molecule has 42 heavy (non-hydrogen) atoms. The predicted molar refractivity (Wildman–Crippen MR) is 164 cm³/mol. The quantitative estimate of drug-likeness (QED) is 0.318. The van der Waals surface area contributed by atoms with E-state index < -0.39 is 0 Å². The molecular formula is C31H36N8O3. The molecule has 6 rings (SSSR count). The maximum Gasteiger partial charge on any atom is 0.323 e. The number of hydrogen-bond acceptors (Lipinski definition) is 7. The van der Waals surface area contributed by atoms with Crippen LogP contribution in [0.3, 0.4) is 0 Å². The maximum absolute atomic E-state index is 12.9. The van der Waals surface area contributed by atoms with Gasteiger partial charge in [-0.25, -0.2) is 14.8 Å². The molecule has 0 unspecified atom stereocenters. The third-order valence-electron chi connectivity index (χ3n) is 7.82. The summed E-state index contributed by atoms with van der Waals surface area (Å²) in [5.74, 6) is 1.51. The molecule has 2 aliphatic rings. The number of hydrogen-bond donors (Lipinski definition) is 3. The van der Waals surface area contributed by atoms with Crippen LogP contribution in [0.1, 0.15) is 24.2 Å². The number of carbonyl (C=O) groups is 2. The molecular weight excluding hydrogens is 532 g/mol. The number of piperazine rings is 1. The molecule has 2 aromatic carbocycles. The van der Waals surface area contributed by atoms with Gasteiger partial charge in [0.2, 0.25) is 0 Å². The van der Waals surface area contributed by atoms with Crippen LogP contribution in [0.2, 0.25) is 0 Å². The Labute approximate surface area is 244 Å². The third-order valence-corrected chi connectivity index (χ3v) is 7.82. The molecule has 4 heterocycles. The molecule has 3 N–H and O–H groups in total. The Morgan fingerprint density at radius 1 is 0.833 bits per heavy atom. The smallest absolute Gasteiger partial charge is 0.323 e. The Kier molecular flexibility index (Phi) is 8.02. The van der Waals surface area contributed by atoms with E-state index in [1.165, 1.54) is 0 Å². The van der Waals surface area contributed by atoms with Crippen LogP contribution in [-0.2, 0) is 4.74 Å². The molecule has 0 saturated carbocycles. The molecule has 4 aromatic rings. The number of aromatic amines is 1. The number of nitrogens with zero attached hydrogens (tertiary/aromatic N) is 5. The van der Waals surface area contributed by atoms with Gasteiger partial charge >= 0.3 is 6.03 Å². The minimum atomic E-state index is -0.369. The van der Waals surface area contributed by atoms with E-state index in [9.17, 15) is 9.59 Å². The van der Waals surface area contributed by atoms with Crippen LogP contribution in [-0.4, -0.2) is 95.2 Å². The summed E-state index contributed by atoms with van der Waals surface area (Å²) in [5.41, 5.74) is 4.48. The summed E-state index contributed by atoms with van der Waals surface area (Å²) in [6, 6.07) is 16.5. The van der Waals surface area contributed by atoms with Gasteiger partial charge in [-0.1, -0.05) is 0 Å². The first-order valence-electron chi connectivity index (χ1n) is 14.4. The second-order valence-electron chi connectivity index (χ2n) is 10.9. The minimum absolute atomic E-state index is 0.0196. The van der Waals surface area contributed by atoms with E-state index in [0.29, 0.717) is 42.0 Å². The van der Waals surface area contributed by atoms with Crippen molar-refractivity contribution in [2.45, 2.75) is 19.9 Å². The van der Waals surface area contributed by atoms with E-state index in [4.69, 9.17) is 14.7 Å². The Morgan fingerprint density at radius 3 is 2.12 bits per heavy atom. The van der Waals surface area contributed by atoms with Crippen molar-refractivity contribution in [3.63, 3.8) is 0 Å². The average Bonchev–Trinajstić information content (AvgIpc) is 3.50. The summed E-state index contributed by atoms with van der Waals surface area (Å²) >= 11 is 0. The van der Waals surface area contributed by atoms with Gasteiger partial charge in [0.15, 0.2) is 11.6 Å². The van der Waals surface area contributed by atoms with Gasteiger partial charge in [-0.3, -0.25) is 9.69 Å². The van der Waals surface area contributed by atoms with Crippen molar-refractivity contribution in [3.05, 3.63) is 66.4 Å². The highest BCUT2D eigenvalue weighted by molar-refractivity contribution is 6.00. The van der Waals surface area contributed by atoms with Gasteiger partial charge in [-0.15, -0.1) is 0 Å². The number of carbonyl (C=O) groups excluding carboxylic acids is 2.